The first-order valence-electron chi connectivity index (χ1n) is 5.69. The molecule has 3 unspecified atom stereocenters. The van der Waals surface area contributed by atoms with Crippen LogP contribution in [0.15, 0.2) is 48.6 Å². The summed E-state index contributed by atoms with van der Waals surface area (Å²) in [4.78, 5) is 0. The smallest absolute Gasteiger partial charge is 0.0178 e. The molecule has 0 spiro atoms. The Morgan fingerprint density at radius 2 is 1.93 bits per heavy atom. The summed E-state index contributed by atoms with van der Waals surface area (Å²) in [5.74, 6) is 1.28. The van der Waals surface area contributed by atoms with Crippen LogP contribution >= 0.6 is 0 Å². The molecule has 0 N–H and O–H groups in total. The Balaban J connectivity index is 2.25. The molecular formula is C15H16. The van der Waals surface area contributed by atoms with Crippen molar-refractivity contribution < 1.29 is 0 Å². The van der Waals surface area contributed by atoms with Crippen LogP contribution in [0, 0.1) is 5.92 Å². The van der Waals surface area contributed by atoms with E-state index in [-0.39, 0.29) is 5.41 Å². The molecule has 0 fully saturated rings. The van der Waals surface area contributed by atoms with Crippen LogP contribution in [0.2, 0.25) is 0 Å². The molecule has 0 saturated heterocycles. The summed E-state index contributed by atoms with van der Waals surface area (Å²) in [7, 11) is 0. The molecular weight excluding hydrogens is 180 g/mol. The van der Waals surface area contributed by atoms with Crippen molar-refractivity contribution in [1.29, 1.82) is 0 Å². The lowest BCUT2D eigenvalue weighted by Gasteiger charge is -2.31. The van der Waals surface area contributed by atoms with Gasteiger partial charge in [0.05, 0.1) is 0 Å². The molecule has 1 aromatic carbocycles. The number of allylic oxidation sites excluding steroid dienone is 4. The quantitative estimate of drug-likeness (QED) is 0.592. The highest BCUT2D eigenvalue weighted by atomic mass is 14.5. The fourth-order valence-corrected chi connectivity index (χ4v) is 3.28. The molecule has 3 rings (SSSR count). The first-order chi connectivity index (χ1) is 7.23. The standard InChI is InChI=1S/C15H16/c1-11-12-7-3-4-9-14(12)15(2)10-6-5-8-13(11)15/h3-11,13H,1-2H3. The van der Waals surface area contributed by atoms with Crippen LogP contribution in [0.3, 0.4) is 0 Å². The molecule has 0 heterocycles. The number of benzene rings is 1. The topological polar surface area (TPSA) is 0 Å². The lowest BCUT2D eigenvalue weighted by atomic mass is 9.72. The lowest BCUT2D eigenvalue weighted by Crippen LogP contribution is -2.26. The molecule has 0 radical (unpaired) electrons. The maximum Gasteiger partial charge on any atom is 0.0178 e. The summed E-state index contributed by atoms with van der Waals surface area (Å²) >= 11 is 0. The molecule has 0 aliphatic heterocycles. The van der Waals surface area contributed by atoms with Crippen molar-refractivity contribution in [3.63, 3.8) is 0 Å². The number of rotatable bonds is 0. The van der Waals surface area contributed by atoms with Gasteiger partial charge in [-0.2, -0.15) is 0 Å². The Labute approximate surface area is 91.3 Å². The Bertz CT molecular complexity index is 453. The minimum atomic E-state index is 0.227. The van der Waals surface area contributed by atoms with Crippen LogP contribution < -0.4 is 0 Å². The van der Waals surface area contributed by atoms with E-state index in [1.54, 1.807) is 0 Å². The van der Waals surface area contributed by atoms with E-state index in [0.717, 1.165) is 0 Å². The van der Waals surface area contributed by atoms with E-state index in [1.165, 1.54) is 11.1 Å². The highest BCUT2D eigenvalue weighted by Crippen LogP contribution is 2.52. The first-order valence-corrected chi connectivity index (χ1v) is 5.69. The zero-order valence-corrected chi connectivity index (χ0v) is 9.27. The van der Waals surface area contributed by atoms with Crippen LogP contribution in [0.25, 0.3) is 0 Å². The summed E-state index contributed by atoms with van der Waals surface area (Å²) in [5, 5.41) is 0. The average molecular weight is 196 g/mol. The molecule has 0 heteroatoms. The van der Waals surface area contributed by atoms with Crippen LogP contribution in [0.5, 0.6) is 0 Å². The van der Waals surface area contributed by atoms with Gasteiger partial charge in [0.2, 0.25) is 0 Å². The van der Waals surface area contributed by atoms with Crippen molar-refractivity contribution in [2.75, 3.05) is 0 Å². The zero-order valence-electron chi connectivity index (χ0n) is 9.27. The van der Waals surface area contributed by atoms with Gasteiger partial charge in [-0.3, -0.25) is 0 Å². The minimum Gasteiger partial charge on any atom is -0.0796 e. The van der Waals surface area contributed by atoms with Gasteiger partial charge in [-0.15, -0.1) is 0 Å². The molecule has 3 atom stereocenters. The Morgan fingerprint density at radius 3 is 2.80 bits per heavy atom. The molecule has 2 aliphatic carbocycles. The fourth-order valence-electron chi connectivity index (χ4n) is 3.28. The second kappa shape index (κ2) is 2.85. The number of hydrogen-bond donors (Lipinski definition) is 0. The van der Waals surface area contributed by atoms with E-state index in [4.69, 9.17) is 0 Å². The van der Waals surface area contributed by atoms with Gasteiger partial charge < -0.3 is 0 Å². The predicted molar refractivity (Wildman–Crippen MR) is 64.0 cm³/mol. The molecule has 15 heavy (non-hydrogen) atoms. The van der Waals surface area contributed by atoms with E-state index in [1.807, 2.05) is 0 Å². The second-order valence-corrected chi connectivity index (χ2v) is 4.93. The lowest BCUT2D eigenvalue weighted by molar-refractivity contribution is 0.420. The first kappa shape index (κ1) is 8.96. The third-order valence-electron chi connectivity index (χ3n) is 4.13. The van der Waals surface area contributed by atoms with Gasteiger partial charge in [-0.25, -0.2) is 0 Å². The van der Waals surface area contributed by atoms with Crippen LogP contribution in [-0.2, 0) is 5.41 Å². The fraction of sp³-hybridized carbons (Fsp3) is 0.333. The molecule has 2 aliphatic rings. The largest absolute Gasteiger partial charge is 0.0796 e. The monoisotopic (exact) mass is 196 g/mol. The summed E-state index contributed by atoms with van der Waals surface area (Å²) in [5.41, 5.74) is 3.27. The summed E-state index contributed by atoms with van der Waals surface area (Å²) in [6, 6.07) is 8.88. The third-order valence-corrected chi connectivity index (χ3v) is 4.13. The molecule has 0 amide bonds. The maximum atomic E-state index is 2.37. The van der Waals surface area contributed by atoms with E-state index < -0.39 is 0 Å². The highest BCUT2D eigenvalue weighted by Gasteiger charge is 2.44. The Kier molecular flexibility index (Phi) is 1.70. The molecule has 0 nitrogen and oxygen atoms in total. The summed E-state index contributed by atoms with van der Waals surface area (Å²) in [6.07, 6.45) is 9.10. The van der Waals surface area contributed by atoms with Gasteiger partial charge in [-0.1, -0.05) is 62.4 Å². The average Bonchev–Trinajstić information content (AvgIpc) is 2.50. The van der Waals surface area contributed by atoms with Gasteiger partial charge >= 0.3 is 0 Å². The SMILES string of the molecule is CC1c2ccccc2C2(C)C=CC=CC12. The van der Waals surface area contributed by atoms with Crippen molar-refractivity contribution >= 4 is 0 Å². The molecule has 1 aromatic rings. The second-order valence-electron chi connectivity index (χ2n) is 4.93. The normalized spacial score (nSPS) is 36.4. The summed E-state index contributed by atoms with van der Waals surface area (Å²) in [6.45, 7) is 4.71. The molecule has 76 valence electrons. The van der Waals surface area contributed by atoms with Crippen molar-refractivity contribution in [3.05, 3.63) is 59.7 Å². The van der Waals surface area contributed by atoms with Crippen molar-refractivity contribution in [2.45, 2.75) is 25.2 Å². The van der Waals surface area contributed by atoms with Gasteiger partial charge in [0.15, 0.2) is 0 Å². The molecule has 0 bridgehead atoms. The van der Waals surface area contributed by atoms with Gasteiger partial charge in [0.1, 0.15) is 0 Å². The number of hydrogen-bond acceptors (Lipinski definition) is 0. The van der Waals surface area contributed by atoms with Crippen molar-refractivity contribution in [3.8, 4) is 0 Å². The van der Waals surface area contributed by atoms with E-state index >= 15 is 0 Å². The molecule has 0 saturated carbocycles. The van der Waals surface area contributed by atoms with Crippen molar-refractivity contribution in [2.24, 2.45) is 5.92 Å². The Morgan fingerprint density at radius 1 is 1.13 bits per heavy atom. The van der Waals surface area contributed by atoms with E-state index in [2.05, 4.69) is 62.4 Å². The maximum absolute atomic E-state index is 2.37. The predicted octanol–water partition coefficient (Wildman–Crippen LogP) is 3.80. The van der Waals surface area contributed by atoms with Crippen LogP contribution in [-0.4, -0.2) is 0 Å². The van der Waals surface area contributed by atoms with Crippen LogP contribution in [0.1, 0.15) is 30.9 Å². The summed E-state index contributed by atoms with van der Waals surface area (Å²) < 4.78 is 0. The minimum absolute atomic E-state index is 0.227. The van der Waals surface area contributed by atoms with Gasteiger partial charge in [0.25, 0.3) is 0 Å². The van der Waals surface area contributed by atoms with Gasteiger partial charge in [0, 0.05) is 5.41 Å². The van der Waals surface area contributed by atoms with E-state index in [9.17, 15) is 0 Å². The third kappa shape index (κ3) is 1.02. The zero-order chi connectivity index (χ0) is 10.5. The van der Waals surface area contributed by atoms with Gasteiger partial charge in [-0.05, 0) is 23.0 Å². The molecule has 0 aromatic heterocycles. The van der Waals surface area contributed by atoms with Crippen molar-refractivity contribution in [1.82, 2.24) is 0 Å². The highest BCUT2D eigenvalue weighted by molar-refractivity contribution is 5.50. The Hall–Kier alpha value is -1.30. The van der Waals surface area contributed by atoms with E-state index in [0.29, 0.717) is 11.8 Å². The number of fused-ring (bicyclic) bond motifs is 3. The van der Waals surface area contributed by atoms with Crippen LogP contribution in [0.4, 0.5) is 0 Å².